The minimum atomic E-state index is -0.566. The number of nitrogens with one attached hydrogen (secondary N) is 1. The predicted molar refractivity (Wildman–Crippen MR) is 133 cm³/mol. The molecule has 0 unspecified atom stereocenters. The second-order valence-electron chi connectivity index (χ2n) is 9.64. The molecule has 3 rings (SSSR count). The smallest absolute Gasteiger partial charge is 0.408 e. The van der Waals surface area contributed by atoms with E-state index in [4.69, 9.17) is 9.47 Å². The highest BCUT2D eigenvalue weighted by molar-refractivity contribution is 7.99. The molecule has 0 spiro atoms. The van der Waals surface area contributed by atoms with Gasteiger partial charge in [0.05, 0.1) is 12.1 Å². The van der Waals surface area contributed by atoms with Gasteiger partial charge in [-0.15, -0.1) is 11.3 Å². The Labute approximate surface area is 208 Å². The Morgan fingerprint density at radius 2 is 1.82 bits per heavy atom. The first-order valence-corrected chi connectivity index (χ1v) is 12.5. The summed E-state index contributed by atoms with van der Waals surface area (Å²) < 4.78 is 12.5. The maximum absolute atomic E-state index is 12.5. The van der Waals surface area contributed by atoms with Crippen molar-refractivity contribution in [3.05, 3.63) is 46.4 Å². The highest BCUT2D eigenvalue weighted by Gasteiger charge is 2.20. The second kappa shape index (κ2) is 10.2. The van der Waals surface area contributed by atoms with Crippen LogP contribution in [0.2, 0.25) is 0 Å². The van der Waals surface area contributed by atoms with Crippen molar-refractivity contribution >= 4 is 35.2 Å². The van der Waals surface area contributed by atoms with E-state index in [9.17, 15) is 9.59 Å². The van der Waals surface area contributed by atoms with Crippen LogP contribution < -0.4 is 5.32 Å². The van der Waals surface area contributed by atoms with Crippen molar-refractivity contribution in [3.8, 4) is 11.1 Å². The van der Waals surface area contributed by atoms with Gasteiger partial charge >= 0.3 is 12.1 Å². The first kappa shape index (κ1) is 25.8. The molecule has 0 saturated carbocycles. The molecular formula is C24H30N4O4S2. The molecule has 182 valence electrons. The Bertz CT molecular complexity index is 1170. The van der Waals surface area contributed by atoms with Crippen LogP contribution in [0.25, 0.3) is 11.1 Å². The highest BCUT2D eigenvalue weighted by Crippen LogP contribution is 2.35. The number of amides is 1. The molecule has 10 heteroatoms. The number of hydrogen-bond donors (Lipinski definition) is 1. The van der Waals surface area contributed by atoms with Gasteiger partial charge in [-0.1, -0.05) is 12.1 Å². The fourth-order valence-corrected chi connectivity index (χ4v) is 4.67. The molecule has 0 aliphatic rings. The number of aryl methyl sites for hydroxylation is 1. The molecule has 8 nitrogen and oxygen atoms in total. The summed E-state index contributed by atoms with van der Waals surface area (Å²) in [5, 5.41) is 11.5. The van der Waals surface area contributed by atoms with Crippen LogP contribution in [0.15, 0.2) is 45.9 Å². The normalized spacial score (nSPS) is 11.9. The van der Waals surface area contributed by atoms with Gasteiger partial charge in [0.1, 0.15) is 26.3 Å². The molecule has 1 N–H and O–H groups in total. The van der Waals surface area contributed by atoms with Gasteiger partial charge in [-0.3, -0.25) is 4.68 Å². The lowest BCUT2D eigenvalue weighted by Gasteiger charge is -2.19. The molecule has 0 radical (unpaired) electrons. The number of carbonyl (C=O) groups is 2. The third-order valence-electron chi connectivity index (χ3n) is 4.12. The summed E-state index contributed by atoms with van der Waals surface area (Å²) in [4.78, 5) is 29.0. The minimum Gasteiger partial charge on any atom is -0.456 e. The van der Waals surface area contributed by atoms with E-state index in [2.05, 4.69) is 15.4 Å². The number of aromatic nitrogens is 3. The largest absolute Gasteiger partial charge is 0.456 e. The summed E-state index contributed by atoms with van der Waals surface area (Å²) in [6, 6.07) is 7.32. The average molecular weight is 503 g/mol. The molecule has 0 aliphatic carbocycles. The summed E-state index contributed by atoms with van der Waals surface area (Å²) in [7, 11) is 1.85. The fourth-order valence-electron chi connectivity index (χ4n) is 2.88. The summed E-state index contributed by atoms with van der Waals surface area (Å²) >= 11 is 2.88. The minimum absolute atomic E-state index is 0.285. The molecule has 2 aromatic heterocycles. The predicted octanol–water partition coefficient (Wildman–Crippen LogP) is 5.67. The van der Waals surface area contributed by atoms with Gasteiger partial charge < -0.3 is 14.8 Å². The van der Waals surface area contributed by atoms with E-state index in [1.165, 1.54) is 23.1 Å². The van der Waals surface area contributed by atoms with Gasteiger partial charge in [0.2, 0.25) is 0 Å². The highest BCUT2D eigenvalue weighted by atomic mass is 32.2. The van der Waals surface area contributed by atoms with E-state index in [0.29, 0.717) is 5.56 Å². The Hall–Kier alpha value is -2.85. The van der Waals surface area contributed by atoms with Crippen LogP contribution in [0.3, 0.4) is 0 Å². The number of rotatable bonds is 6. The van der Waals surface area contributed by atoms with Gasteiger partial charge in [0.15, 0.2) is 0 Å². The first-order valence-electron chi connectivity index (χ1n) is 10.8. The zero-order valence-corrected chi connectivity index (χ0v) is 22.1. The van der Waals surface area contributed by atoms with Crippen LogP contribution in [0.5, 0.6) is 0 Å². The first-order chi connectivity index (χ1) is 15.8. The monoisotopic (exact) mass is 502 g/mol. The molecule has 0 aliphatic heterocycles. The molecule has 3 aromatic rings. The Balaban J connectivity index is 1.73. The zero-order chi connectivity index (χ0) is 25.1. The van der Waals surface area contributed by atoms with E-state index in [1.54, 1.807) is 10.7 Å². The molecule has 34 heavy (non-hydrogen) atoms. The molecule has 0 fully saturated rings. The van der Waals surface area contributed by atoms with Gasteiger partial charge in [-0.2, -0.15) is 5.10 Å². The number of nitrogens with zero attached hydrogens (tertiary/aromatic N) is 3. The van der Waals surface area contributed by atoms with Crippen LogP contribution in [0, 0.1) is 0 Å². The Kier molecular flexibility index (Phi) is 7.72. The summed E-state index contributed by atoms with van der Waals surface area (Å²) in [5.41, 5.74) is 1.12. The van der Waals surface area contributed by atoms with Crippen molar-refractivity contribution in [2.75, 3.05) is 0 Å². The quantitative estimate of drug-likeness (QED) is 0.434. The summed E-state index contributed by atoms with van der Waals surface area (Å²) in [6.45, 7) is 11.3. The lowest BCUT2D eigenvalue weighted by atomic mass is 10.1. The lowest BCUT2D eigenvalue weighted by Crippen LogP contribution is -2.32. The molecule has 0 atom stereocenters. The van der Waals surface area contributed by atoms with E-state index in [1.807, 2.05) is 78.4 Å². The second-order valence-corrected chi connectivity index (χ2v) is 11.6. The number of hydrogen-bond acceptors (Lipinski definition) is 8. The van der Waals surface area contributed by atoms with E-state index in [0.717, 1.165) is 26.2 Å². The summed E-state index contributed by atoms with van der Waals surface area (Å²) in [6.07, 6.45) is 1.43. The molecule has 0 saturated heterocycles. The third kappa shape index (κ3) is 7.59. The van der Waals surface area contributed by atoms with Gasteiger partial charge in [0, 0.05) is 24.2 Å². The van der Waals surface area contributed by atoms with E-state index >= 15 is 0 Å². The van der Waals surface area contributed by atoms with Gasteiger partial charge in [0.25, 0.3) is 0 Å². The summed E-state index contributed by atoms with van der Waals surface area (Å²) in [5.74, 6) is -0.367. The molecule has 1 aromatic carbocycles. The molecule has 2 heterocycles. The lowest BCUT2D eigenvalue weighted by molar-refractivity contribution is 0.00692. The number of benzene rings is 1. The number of alkyl carbamates (subject to hydrolysis) is 1. The number of carbonyl (C=O) groups excluding carboxylic acids is 2. The van der Waals surface area contributed by atoms with Crippen molar-refractivity contribution < 1.29 is 19.1 Å². The van der Waals surface area contributed by atoms with Crippen molar-refractivity contribution in [1.82, 2.24) is 20.1 Å². The van der Waals surface area contributed by atoms with Gasteiger partial charge in [-0.25, -0.2) is 14.6 Å². The SMILES string of the molecule is Cn1cc(-c2cccc(C(=O)OC(C)(C)C)c2)c(Sc2csc(CNC(=O)OC(C)(C)C)n2)n1. The van der Waals surface area contributed by atoms with Crippen LogP contribution in [0.1, 0.15) is 56.9 Å². The van der Waals surface area contributed by atoms with E-state index < -0.39 is 17.3 Å². The third-order valence-corrected chi connectivity index (χ3v) is 6.03. The fraction of sp³-hybridized carbons (Fsp3) is 0.417. The number of ether oxygens (including phenoxy) is 2. The van der Waals surface area contributed by atoms with E-state index in [-0.39, 0.29) is 12.5 Å². The Morgan fingerprint density at radius 1 is 1.12 bits per heavy atom. The van der Waals surface area contributed by atoms with Crippen molar-refractivity contribution in [3.63, 3.8) is 0 Å². The van der Waals surface area contributed by atoms with Crippen LogP contribution in [0.4, 0.5) is 4.79 Å². The number of esters is 1. The van der Waals surface area contributed by atoms with Crippen LogP contribution in [-0.2, 0) is 23.1 Å². The molecule has 1 amide bonds. The van der Waals surface area contributed by atoms with Crippen molar-refractivity contribution in [1.29, 1.82) is 0 Å². The van der Waals surface area contributed by atoms with Crippen molar-refractivity contribution in [2.24, 2.45) is 7.05 Å². The zero-order valence-electron chi connectivity index (χ0n) is 20.5. The topological polar surface area (TPSA) is 95.3 Å². The molecular weight excluding hydrogens is 472 g/mol. The Morgan fingerprint density at radius 3 is 2.50 bits per heavy atom. The van der Waals surface area contributed by atoms with Crippen LogP contribution >= 0.6 is 23.1 Å². The molecule has 0 bridgehead atoms. The van der Waals surface area contributed by atoms with Crippen molar-refractivity contribution in [2.45, 2.75) is 69.3 Å². The van der Waals surface area contributed by atoms with Crippen LogP contribution in [-0.4, -0.2) is 38.0 Å². The average Bonchev–Trinajstić information content (AvgIpc) is 3.30. The maximum atomic E-state index is 12.5. The number of thiazole rings is 1. The standard InChI is InChI=1S/C24H30N4O4S2/c1-23(2,3)31-21(29)16-10-8-9-15(11-16)17-13-28(7)27-20(17)34-19-14-33-18(26-19)12-25-22(30)32-24(4,5)6/h8-11,13-14H,12H2,1-7H3,(H,25,30). The van der Waals surface area contributed by atoms with Gasteiger partial charge in [-0.05, 0) is 71.0 Å². The maximum Gasteiger partial charge on any atom is 0.408 e.